The summed E-state index contributed by atoms with van der Waals surface area (Å²) in [4.78, 5) is 11.7. The molecule has 4 saturated carbocycles. The monoisotopic (exact) mass is 444 g/mol. The number of ether oxygens (including phenoxy) is 3. The van der Waals surface area contributed by atoms with E-state index in [0.717, 1.165) is 55.0 Å². The summed E-state index contributed by atoms with van der Waals surface area (Å²) in [7, 11) is 0. The van der Waals surface area contributed by atoms with Gasteiger partial charge in [-0.05, 0) is 61.8 Å². The van der Waals surface area contributed by atoms with E-state index in [1.54, 1.807) is 0 Å². The van der Waals surface area contributed by atoms with Gasteiger partial charge in [0.2, 0.25) is 0 Å². The molecule has 4 aliphatic carbocycles. The number of rotatable bonds is 8. The highest BCUT2D eigenvalue weighted by molar-refractivity contribution is 5.88. The van der Waals surface area contributed by atoms with Gasteiger partial charge >= 0.3 is 11.9 Å². The topological polar surface area (TPSA) is 44.8 Å². The first-order valence-electron chi connectivity index (χ1n) is 11.6. The highest BCUT2D eigenvalue weighted by Crippen LogP contribution is 2.62. The molecule has 6 rings (SSSR count). The fourth-order valence-electron chi connectivity index (χ4n) is 6.78. The molecule has 4 aliphatic rings. The summed E-state index contributed by atoms with van der Waals surface area (Å²) >= 11 is 0. The van der Waals surface area contributed by atoms with Gasteiger partial charge in [0.15, 0.2) is 0 Å². The molecule has 2 aromatic carbocycles. The van der Waals surface area contributed by atoms with Crippen LogP contribution in [0.4, 0.5) is 8.78 Å². The molecule has 0 N–H and O–H groups in total. The molecule has 4 nitrogen and oxygen atoms in total. The maximum absolute atomic E-state index is 13.3. The molecule has 6 heteroatoms. The van der Waals surface area contributed by atoms with E-state index >= 15 is 0 Å². The lowest BCUT2D eigenvalue weighted by Crippen LogP contribution is -2.58. The lowest BCUT2D eigenvalue weighted by molar-refractivity contribution is -0.213. The Labute approximate surface area is 187 Å². The van der Waals surface area contributed by atoms with E-state index in [-0.39, 0.29) is 17.6 Å². The number of alkyl halides is 2. The number of esters is 1. The summed E-state index contributed by atoms with van der Waals surface area (Å²) in [5.41, 5.74) is -0.491. The van der Waals surface area contributed by atoms with E-state index in [1.165, 1.54) is 0 Å². The van der Waals surface area contributed by atoms with Crippen LogP contribution in [0.3, 0.4) is 0 Å². The largest absolute Gasteiger partial charge is 0.491 e. The fourth-order valence-corrected chi connectivity index (χ4v) is 6.78. The van der Waals surface area contributed by atoms with Gasteiger partial charge in [-0.25, -0.2) is 4.79 Å². The van der Waals surface area contributed by atoms with Crippen LogP contribution in [0, 0.1) is 17.3 Å². The van der Waals surface area contributed by atoms with Crippen LogP contribution < -0.4 is 4.74 Å². The number of hydrogen-bond acceptors (Lipinski definition) is 4. The molecule has 0 radical (unpaired) electrons. The zero-order valence-corrected chi connectivity index (χ0v) is 18.4. The van der Waals surface area contributed by atoms with Gasteiger partial charge in [-0.15, -0.1) is 0 Å². The maximum Gasteiger partial charge on any atom is 0.376 e. The average molecular weight is 445 g/mol. The van der Waals surface area contributed by atoms with E-state index in [2.05, 4.69) is 18.2 Å². The maximum atomic E-state index is 13.3. The zero-order valence-electron chi connectivity index (χ0n) is 18.4. The van der Waals surface area contributed by atoms with Gasteiger partial charge < -0.3 is 14.2 Å². The minimum absolute atomic E-state index is 0.0693. The van der Waals surface area contributed by atoms with Gasteiger partial charge in [-0.1, -0.05) is 36.4 Å². The minimum Gasteiger partial charge on any atom is -0.491 e. The summed E-state index contributed by atoms with van der Waals surface area (Å²) < 4.78 is 44.2. The molecule has 2 unspecified atom stereocenters. The van der Waals surface area contributed by atoms with Gasteiger partial charge in [0.25, 0.3) is 0 Å². The molecule has 0 heterocycles. The summed E-state index contributed by atoms with van der Waals surface area (Å²) in [5.74, 6) is -3.00. The summed E-state index contributed by atoms with van der Waals surface area (Å²) in [6.07, 6.45) is 5.79. The first kappa shape index (κ1) is 21.6. The second kappa shape index (κ2) is 7.98. The van der Waals surface area contributed by atoms with Crippen LogP contribution in [-0.4, -0.2) is 37.3 Å². The Morgan fingerprint density at radius 2 is 1.75 bits per heavy atom. The molecule has 0 spiro atoms. The van der Waals surface area contributed by atoms with Crippen LogP contribution in [0.25, 0.3) is 10.8 Å². The van der Waals surface area contributed by atoms with Gasteiger partial charge in [-0.3, -0.25) is 0 Å². The van der Waals surface area contributed by atoms with Crippen molar-refractivity contribution in [3.63, 3.8) is 0 Å². The van der Waals surface area contributed by atoms with E-state index in [4.69, 9.17) is 14.2 Å². The SMILES string of the molecule is CC(F)(F)C(=O)OCC12CC3CC(C1)CC(OCCOc1cccc4ccccc14)(C3)C2. The molecule has 0 saturated heterocycles. The predicted molar refractivity (Wildman–Crippen MR) is 117 cm³/mol. The highest BCUT2D eigenvalue weighted by atomic mass is 19.3. The van der Waals surface area contributed by atoms with Crippen molar-refractivity contribution in [2.24, 2.45) is 17.3 Å². The number of carbonyl (C=O) groups excluding carboxylic acids is 1. The fraction of sp³-hybridized carbons (Fsp3) is 0.577. The number of carbonyl (C=O) groups is 1. The number of hydrogen-bond donors (Lipinski definition) is 0. The molecule has 0 amide bonds. The summed E-state index contributed by atoms with van der Waals surface area (Å²) in [6, 6.07) is 14.2. The van der Waals surface area contributed by atoms with Gasteiger partial charge in [0, 0.05) is 17.7 Å². The van der Waals surface area contributed by atoms with Crippen LogP contribution >= 0.6 is 0 Å². The molecule has 4 fully saturated rings. The molecular formula is C26H30F2O4. The first-order chi connectivity index (χ1) is 15.3. The normalized spacial score (nSPS) is 31.1. The number of benzene rings is 2. The average Bonchev–Trinajstić information content (AvgIpc) is 2.73. The quantitative estimate of drug-likeness (QED) is 0.383. The molecule has 2 atom stereocenters. The Hall–Kier alpha value is -2.21. The molecule has 0 aromatic heterocycles. The minimum atomic E-state index is -3.45. The summed E-state index contributed by atoms with van der Waals surface area (Å²) in [5, 5.41) is 2.22. The molecule has 0 aliphatic heterocycles. The van der Waals surface area contributed by atoms with Crippen molar-refractivity contribution in [1.29, 1.82) is 0 Å². The highest BCUT2D eigenvalue weighted by Gasteiger charge is 2.59. The molecule has 32 heavy (non-hydrogen) atoms. The van der Waals surface area contributed by atoms with E-state index < -0.39 is 11.9 Å². The van der Waals surface area contributed by atoms with Crippen LogP contribution in [0.5, 0.6) is 5.75 Å². The van der Waals surface area contributed by atoms with Crippen LogP contribution in [-0.2, 0) is 14.3 Å². The van der Waals surface area contributed by atoms with Crippen molar-refractivity contribution in [2.75, 3.05) is 19.8 Å². The van der Waals surface area contributed by atoms with E-state index in [1.807, 2.05) is 24.3 Å². The van der Waals surface area contributed by atoms with E-state index in [9.17, 15) is 13.6 Å². The third kappa shape index (κ3) is 4.21. The van der Waals surface area contributed by atoms with Crippen molar-refractivity contribution < 1.29 is 27.8 Å². The van der Waals surface area contributed by atoms with E-state index in [0.29, 0.717) is 32.0 Å². The van der Waals surface area contributed by atoms with Crippen LogP contribution in [0.15, 0.2) is 42.5 Å². The van der Waals surface area contributed by atoms with Gasteiger partial charge in [-0.2, -0.15) is 8.78 Å². The van der Waals surface area contributed by atoms with Gasteiger partial charge in [0.05, 0.1) is 18.8 Å². The predicted octanol–water partition coefficient (Wildman–Crippen LogP) is 5.77. The van der Waals surface area contributed by atoms with Crippen molar-refractivity contribution in [2.45, 2.75) is 57.0 Å². The second-order valence-corrected chi connectivity index (χ2v) is 10.3. The third-order valence-corrected chi connectivity index (χ3v) is 7.50. The Morgan fingerprint density at radius 1 is 1.03 bits per heavy atom. The Morgan fingerprint density at radius 3 is 2.50 bits per heavy atom. The number of halogens is 2. The lowest BCUT2D eigenvalue weighted by Gasteiger charge is -2.61. The molecule has 4 bridgehead atoms. The summed E-state index contributed by atoms with van der Waals surface area (Å²) in [6.45, 7) is 1.59. The Balaban J connectivity index is 1.21. The van der Waals surface area contributed by atoms with Crippen molar-refractivity contribution in [1.82, 2.24) is 0 Å². The first-order valence-corrected chi connectivity index (χ1v) is 11.6. The number of fused-ring (bicyclic) bond motifs is 1. The third-order valence-electron chi connectivity index (χ3n) is 7.50. The lowest BCUT2D eigenvalue weighted by atomic mass is 9.48. The smallest absolute Gasteiger partial charge is 0.376 e. The van der Waals surface area contributed by atoms with Crippen LogP contribution in [0.2, 0.25) is 0 Å². The standard InChI is InChI=1S/C26H30F2O4/c1-24(27,28)23(29)31-17-25-12-18-11-19(13-25)15-26(14-18,16-25)32-10-9-30-22-8-4-6-20-5-2-3-7-21(20)22/h2-8,18-19H,9-17H2,1H3. The van der Waals surface area contributed by atoms with Gasteiger partial charge in [0.1, 0.15) is 12.4 Å². The Bertz CT molecular complexity index is 979. The van der Waals surface area contributed by atoms with Crippen LogP contribution in [0.1, 0.15) is 45.4 Å². The van der Waals surface area contributed by atoms with Crippen molar-refractivity contribution in [3.05, 3.63) is 42.5 Å². The Kier molecular flexibility index (Phi) is 5.39. The molecule has 2 aromatic rings. The van der Waals surface area contributed by atoms with Crippen molar-refractivity contribution in [3.8, 4) is 5.75 Å². The second-order valence-electron chi connectivity index (χ2n) is 10.3. The zero-order chi connectivity index (χ0) is 22.4. The molecular weight excluding hydrogens is 414 g/mol. The molecule has 172 valence electrons. The van der Waals surface area contributed by atoms with Crippen molar-refractivity contribution >= 4 is 16.7 Å².